The summed E-state index contributed by atoms with van der Waals surface area (Å²) in [6.45, 7) is 0.367. The third-order valence-electron chi connectivity index (χ3n) is 2.79. The largest absolute Gasteiger partial charge is 0.480 e. The number of hydrogen-bond acceptors (Lipinski definition) is 4. The minimum atomic E-state index is -1.05. The van der Waals surface area contributed by atoms with E-state index in [1.807, 2.05) is 0 Å². The molecule has 0 radical (unpaired) electrons. The summed E-state index contributed by atoms with van der Waals surface area (Å²) in [4.78, 5) is 26.3. The number of hydrogen-bond donors (Lipinski definition) is 3. The molecule has 8 heteroatoms. The lowest BCUT2D eigenvalue weighted by atomic mass is 10.3. The monoisotopic (exact) mass is 253 g/mol. The Hall–Kier alpha value is -2.12. The molecule has 0 atom stereocenters. The second-order valence-electron chi connectivity index (χ2n) is 4.35. The standard InChI is InChI=1S/C10H15N5O3/c1-15-6-12-7(14-15)2-5-11-9(18)13-10(3-4-10)8(16)17/h6H,2-5H2,1H3,(H,16,17)(H2,11,13,18). The molecule has 1 saturated carbocycles. The second kappa shape index (κ2) is 4.63. The number of aromatic nitrogens is 3. The maximum absolute atomic E-state index is 11.5. The maximum atomic E-state index is 11.5. The van der Waals surface area contributed by atoms with Crippen molar-refractivity contribution in [3.05, 3.63) is 12.2 Å². The lowest BCUT2D eigenvalue weighted by Gasteiger charge is -2.12. The van der Waals surface area contributed by atoms with Crippen LogP contribution in [0.5, 0.6) is 0 Å². The van der Waals surface area contributed by atoms with Crippen molar-refractivity contribution in [2.75, 3.05) is 6.54 Å². The van der Waals surface area contributed by atoms with Gasteiger partial charge in [-0.2, -0.15) is 5.10 Å². The molecule has 1 aromatic heterocycles. The normalized spacial score (nSPS) is 16.1. The van der Waals surface area contributed by atoms with Gasteiger partial charge in [-0.25, -0.2) is 14.6 Å². The number of urea groups is 1. The average Bonchev–Trinajstić information content (AvgIpc) is 2.96. The number of aliphatic carboxylic acids is 1. The van der Waals surface area contributed by atoms with Crippen LogP contribution in [0.1, 0.15) is 18.7 Å². The average molecular weight is 253 g/mol. The van der Waals surface area contributed by atoms with Crippen molar-refractivity contribution in [1.29, 1.82) is 0 Å². The molecule has 2 rings (SSSR count). The molecule has 8 nitrogen and oxygen atoms in total. The van der Waals surface area contributed by atoms with E-state index in [0.29, 0.717) is 31.6 Å². The van der Waals surface area contributed by atoms with E-state index in [9.17, 15) is 9.59 Å². The topological polar surface area (TPSA) is 109 Å². The van der Waals surface area contributed by atoms with Crippen LogP contribution in [0.3, 0.4) is 0 Å². The zero-order chi connectivity index (χ0) is 13.2. The quantitative estimate of drug-likeness (QED) is 0.641. The lowest BCUT2D eigenvalue weighted by molar-refractivity contribution is -0.140. The molecule has 1 aromatic rings. The highest BCUT2D eigenvalue weighted by molar-refractivity contribution is 5.88. The van der Waals surface area contributed by atoms with Gasteiger partial charge in [0.1, 0.15) is 11.9 Å². The van der Waals surface area contributed by atoms with Crippen LogP contribution in [-0.4, -0.2) is 44.0 Å². The highest BCUT2D eigenvalue weighted by atomic mass is 16.4. The van der Waals surface area contributed by atoms with Crippen molar-refractivity contribution in [2.45, 2.75) is 24.8 Å². The van der Waals surface area contributed by atoms with E-state index in [2.05, 4.69) is 20.7 Å². The molecule has 0 bridgehead atoms. The molecule has 1 aliphatic carbocycles. The van der Waals surface area contributed by atoms with Crippen LogP contribution in [0.4, 0.5) is 4.79 Å². The number of rotatable bonds is 5. The zero-order valence-electron chi connectivity index (χ0n) is 10.0. The van der Waals surface area contributed by atoms with E-state index in [0.717, 1.165) is 0 Å². The Morgan fingerprint density at radius 1 is 1.56 bits per heavy atom. The first-order chi connectivity index (χ1) is 8.52. The Kier molecular flexibility index (Phi) is 3.17. The highest BCUT2D eigenvalue weighted by Crippen LogP contribution is 2.35. The second-order valence-corrected chi connectivity index (χ2v) is 4.35. The maximum Gasteiger partial charge on any atom is 0.329 e. The fourth-order valence-electron chi connectivity index (χ4n) is 1.57. The minimum absolute atomic E-state index is 0.367. The molecule has 0 unspecified atom stereocenters. The molecule has 0 aromatic carbocycles. The first-order valence-electron chi connectivity index (χ1n) is 5.66. The third kappa shape index (κ3) is 2.76. The predicted molar refractivity (Wildman–Crippen MR) is 60.8 cm³/mol. The fourth-order valence-corrected chi connectivity index (χ4v) is 1.57. The van der Waals surface area contributed by atoms with Gasteiger partial charge >= 0.3 is 12.0 Å². The van der Waals surface area contributed by atoms with Gasteiger partial charge in [-0.05, 0) is 12.8 Å². The van der Waals surface area contributed by atoms with Crippen molar-refractivity contribution >= 4 is 12.0 Å². The van der Waals surface area contributed by atoms with Crippen molar-refractivity contribution < 1.29 is 14.7 Å². The molecule has 0 saturated heterocycles. The van der Waals surface area contributed by atoms with Crippen LogP contribution in [0.2, 0.25) is 0 Å². The number of nitrogens with zero attached hydrogens (tertiary/aromatic N) is 3. The summed E-state index contributed by atoms with van der Waals surface area (Å²) in [6.07, 6.45) is 3.06. The summed E-state index contributed by atoms with van der Waals surface area (Å²) in [7, 11) is 1.76. The molecule has 1 aliphatic rings. The Morgan fingerprint density at radius 2 is 2.28 bits per heavy atom. The van der Waals surface area contributed by atoms with Crippen molar-refractivity contribution in [3.8, 4) is 0 Å². The van der Waals surface area contributed by atoms with Crippen LogP contribution in [-0.2, 0) is 18.3 Å². The molecule has 1 heterocycles. The summed E-state index contributed by atoms with van der Waals surface area (Å²) in [5.74, 6) is -0.346. The molecule has 0 spiro atoms. The Bertz CT molecular complexity index is 466. The van der Waals surface area contributed by atoms with E-state index < -0.39 is 17.5 Å². The van der Waals surface area contributed by atoms with Crippen molar-refractivity contribution in [1.82, 2.24) is 25.4 Å². The van der Waals surface area contributed by atoms with Crippen molar-refractivity contribution in [2.24, 2.45) is 7.05 Å². The number of amides is 2. The summed E-state index contributed by atoms with van der Waals surface area (Å²) in [5.41, 5.74) is -1.05. The van der Waals surface area contributed by atoms with E-state index in [1.165, 1.54) is 0 Å². The smallest absolute Gasteiger partial charge is 0.329 e. The van der Waals surface area contributed by atoms with Gasteiger partial charge in [-0.1, -0.05) is 0 Å². The van der Waals surface area contributed by atoms with Gasteiger partial charge in [0.15, 0.2) is 5.82 Å². The van der Waals surface area contributed by atoms with Crippen LogP contribution in [0.25, 0.3) is 0 Å². The van der Waals surface area contributed by atoms with E-state index in [-0.39, 0.29) is 0 Å². The van der Waals surface area contributed by atoms with E-state index in [4.69, 9.17) is 5.11 Å². The number of carboxylic acids is 1. The lowest BCUT2D eigenvalue weighted by Crippen LogP contribution is -2.48. The molecule has 2 amide bonds. The predicted octanol–water partition coefficient (Wildman–Crippen LogP) is -0.726. The number of aryl methyl sites for hydroxylation is 1. The molecule has 0 aliphatic heterocycles. The summed E-state index contributed by atoms with van der Waals surface area (Å²) >= 11 is 0. The van der Waals surface area contributed by atoms with Crippen LogP contribution in [0, 0.1) is 0 Å². The minimum Gasteiger partial charge on any atom is -0.480 e. The summed E-state index contributed by atoms with van der Waals surface area (Å²) < 4.78 is 1.58. The first-order valence-corrected chi connectivity index (χ1v) is 5.66. The SMILES string of the molecule is Cn1cnc(CCNC(=O)NC2(C(=O)O)CC2)n1. The van der Waals surface area contributed by atoms with Crippen LogP contribution >= 0.6 is 0 Å². The molecule has 18 heavy (non-hydrogen) atoms. The Balaban J connectivity index is 1.71. The van der Waals surface area contributed by atoms with Gasteiger partial charge in [0, 0.05) is 20.0 Å². The van der Waals surface area contributed by atoms with Gasteiger partial charge < -0.3 is 15.7 Å². The molecule has 1 fully saturated rings. The summed E-state index contributed by atoms with van der Waals surface area (Å²) in [6, 6.07) is -0.467. The fraction of sp³-hybridized carbons (Fsp3) is 0.600. The Labute approximate surface area is 103 Å². The van der Waals surface area contributed by atoms with Gasteiger partial charge in [-0.15, -0.1) is 0 Å². The number of carbonyl (C=O) groups is 2. The molecular formula is C10H15N5O3. The van der Waals surface area contributed by atoms with Crippen LogP contribution < -0.4 is 10.6 Å². The summed E-state index contributed by atoms with van der Waals surface area (Å²) in [5, 5.41) is 18.0. The van der Waals surface area contributed by atoms with E-state index in [1.54, 1.807) is 18.1 Å². The Morgan fingerprint density at radius 3 is 2.78 bits per heavy atom. The van der Waals surface area contributed by atoms with E-state index >= 15 is 0 Å². The molecule has 98 valence electrons. The van der Waals surface area contributed by atoms with Gasteiger partial charge in [-0.3, -0.25) is 4.68 Å². The van der Waals surface area contributed by atoms with Gasteiger partial charge in [0.05, 0.1) is 0 Å². The molecule has 3 N–H and O–H groups in total. The number of carbonyl (C=O) groups excluding carboxylic acids is 1. The van der Waals surface area contributed by atoms with Gasteiger partial charge in [0.25, 0.3) is 0 Å². The first kappa shape index (κ1) is 12.3. The van der Waals surface area contributed by atoms with Crippen LogP contribution in [0.15, 0.2) is 6.33 Å². The number of nitrogens with one attached hydrogen (secondary N) is 2. The third-order valence-corrected chi connectivity index (χ3v) is 2.79. The van der Waals surface area contributed by atoms with Crippen molar-refractivity contribution in [3.63, 3.8) is 0 Å². The zero-order valence-corrected chi connectivity index (χ0v) is 10.0. The number of carboxylic acid groups (broad SMARTS) is 1. The van der Waals surface area contributed by atoms with Gasteiger partial charge in [0.2, 0.25) is 0 Å². The molecular weight excluding hydrogens is 238 g/mol. The highest BCUT2D eigenvalue weighted by Gasteiger charge is 2.51.